The van der Waals surface area contributed by atoms with E-state index in [1.54, 1.807) is 26.0 Å². The summed E-state index contributed by atoms with van der Waals surface area (Å²) in [4.78, 5) is 17.1. The molecule has 18 heavy (non-hydrogen) atoms. The second-order valence-corrected chi connectivity index (χ2v) is 5.15. The summed E-state index contributed by atoms with van der Waals surface area (Å²) in [6.45, 7) is 1.53. The van der Waals surface area contributed by atoms with E-state index >= 15 is 0 Å². The van der Waals surface area contributed by atoms with E-state index in [0.717, 1.165) is 18.9 Å². The molecule has 0 fully saturated rings. The number of nitrogens with zero attached hydrogens (tertiary/aromatic N) is 2. The van der Waals surface area contributed by atoms with Gasteiger partial charge in [0.1, 0.15) is 0 Å². The maximum Gasteiger partial charge on any atom is 0.223 e. The standard InChI is InChI=1S/C12H26N4OS/c1-13-12(14-8-5-6-10-18-4)15-9-7-11(17)16(2)3/h5-10H2,1-4H3,(H2,13,14,15). The minimum Gasteiger partial charge on any atom is -0.356 e. The molecular formula is C12H26N4OS. The van der Waals surface area contributed by atoms with E-state index in [-0.39, 0.29) is 5.91 Å². The number of nitrogens with one attached hydrogen (secondary N) is 2. The quantitative estimate of drug-likeness (QED) is 0.390. The Labute approximate surface area is 115 Å². The van der Waals surface area contributed by atoms with E-state index in [0.29, 0.717) is 13.0 Å². The van der Waals surface area contributed by atoms with E-state index in [1.165, 1.54) is 12.2 Å². The van der Waals surface area contributed by atoms with Gasteiger partial charge in [0.25, 0.3) is 0 Å². The van der Waals surface area contributed by atoms with Crippen molar-refractivity contribution >= 4 is 23.6 Å². The normalized spacial score (nSPS) is 11.2. The molecule has 0 aromatic carbocycles. The first kappa shape index (κ1) is 17.1. The van der Waals surface area contributed by atoms with Crippen molar-refractivity contribution in [1.29, 1.82) is 0 Å². The SMILES string of the molecule is CN=C(NCCCCSC)NCCC(=O)N(C)C. The van der Waals surface area contributed by atoms with Gasteiger partial charge < -0.3 is 15.5 Å². The molecule has 6 heteroatoms. The molecule has 0 rings (SSSR count). The molecule has 0 aliphatic rings. The van der Waals surface area contributed by atoms with Crippen LogP contribution in [0, 0.1) is 0 Å². The Morgan fingerprint density at radius 1 is 1.22 bits per heavy atom. The highest BCUT2D eigenvalue weighted by atomic mass is 32.2. The van der Waals surface area contributed by atoms with Crippen LogP contribution in [0.3, 0.4) is 0 Å². The van der Waals surface area contributed by atoms with Gasteiger partial charge in [-0.1, -0.05) is 0 Å². The van der Waals surface area contributed by atoms with Crippen molar-refractivity contribution in [2.45, 2.75) is 19.3 Å². The first-order valence-electron chi connectivity index (χ1n) is 6.25. The molecule has 0 spiro atoms. The van der Waals surface area contributed by atoms with E-state index in [1.807, 2.05) is 11.8 Å². The van der Waals surface area contributed by atoms with Gasteiger partial charge in [-0.05, 0) is 24.9 Å². The van der Waals surface area contributed by atoms with Gasteiger partial charge >= 0.3 is 0 Å². The van der Waals surface area contributed by atoms with Gasteiger partial charge in [-0.2, -0.15) is 11.8 Å². The highest BCUT2D eigenvalue weighted by molar-refractivity contribution is 7.98. The van der Waals surface area contributed by atoms with E-state index in [2.05, 4.69) is 21.9 Å². The number of aliphatic imine (C=N–C) groups is 1. The molecule has 106 valence electrons. The molecular weight excluding hydrogens is 248 g/mol. The van der Waals surface area contributed by atoms with Crippen LogP contribution in [-0.2, 0) is 4.79 Å². The van der Waals surface area contributed by atoms with Gasteiger partial charge in [0.15, 0.2) is 5.96 Å². The molecule has 0 bridgehead atoms. The van der Waals surface area contributed by atoms with Gasteiger partial charge in [-0.15, -0.1) is 0 Å². The molecule has 1 amide bonds. The van der Waals surface area contributed by atoms with Crippen molar-refractivity contribution in [2.24, 2.45) is 4.99 Å². The van der Waals surface area contributed by atoms with Crippen LogP contribution in [0.2, 0.25) is 0 Å². The maximum atomic E-state index is 11.4. The fourth-order valence-electron chi connectivity index (χ4n) is 1.31. The van der Waals surface area contributed by atoms with Gasteiger partial charge in [-0.3, -0.25) is 9.79 Å². The minimum absolute atomic E-state index is 0.123. The molecule has 0 aliphatic carbocycles. The van der Waals surface area contributed by atoms with Crippen LogP contribution >= 0.6 is 11.8 Å². The summed E-state index contributed by atoms with van der Waals surface area (Å²) in [5, 5.41) is 6.37. The zero-order chi connectivity index (χ0) is 13.8. The summed E-state index contributed by atoms with van der Waals surface area (Å²) in [5.41, 5.74) is 0. The van der Waals surface area contributed by atoms with Crippen molar-refractivity contribution in [2.75, 3.05) is 46.2 Å². The molecule has 0 atom stereocenters. The largest absolute Gasteiger partial charge is 0.356 e. The number of guanidine groups is 1. The third-order valence-electron chi connectivity index (χ3n) is 2.42. The predicted molar refractivity (Wildman–Crippen MR) is 80.3 cm³/mol. The number of unbranched alkanes of at least 4 members (excludes halogenated alkanes) is 1. The first-order chi connectivity index (χ1) is 8.61. The fraction of sp³-hybridized carbons (Fsp3) is 0.833. The summed E-state index contributed by atoms with van der Waals surface area (Å²) in [6.07, 6.45) is 4.96. The first-order valence-corrected chi connectivity index (χ1v) is 7.64. The summed E-state index contributed by atoms with van der Waals surface area (Å²) in [7, 11) is 5.27. The third-order valence-corrected chi connectivity index (χ3v) is 3.12. The Morgan fingerprint density at radius 3 is 2.44 bits per heavy atom. The van der Waals surface area contributed by atoms with Crippen LogP contribution in [0.15, 0.2) is 4.99 Å². The molecule has 0 aromatic rings. The number of hydrogen-bond donors (Lipinski definition) is 2. The maximum absolute atomic E-state index is 11.4. The Morgan fingerprint density at radius 2 is 1.89 bits per heavy atom. The zero-order valence-electron chi connectivity index (χ0n) is 12.0. The molecule has 5 nitrogen and oxygen atoms in total. The van der Waals surface area contributed by atoms with E-state index < -0.39 is 0 Å². The summed E-state index contributed by atoms with van der Waals surface area (Å²) < 4.78 is 0. The zero-order valence-corrected chi connectivity index (χ0v) is 12.8. The Hall–Kier alpha value is -0.910. The van der Waals surface area contributed by atoms with Gasteiger partial charge in [0.2, 0.25) is 5.91 Å². The lowest BCUT2D eigenvalue weighted by molar-refractivity contribution is -0.128. The van der Waals surface area contributed by atoms with Crippen molar-refractivity contribution < 1.29 is 4.79 Å². The van der Waals surface area contributed by atoms with Gasteiger partial charge in [0.05, 0.1) is 0 Å². The molecule has 0 saturated carbocycles. The number of carbonyl (C=O) groups excluding carboxylic acids is 1. The van der Waals surface area contributed by atoms with E-state index in [9.17, 15) is 4.79 Å². The second kappa shape index (κ2) is 11.2. The van der Waals surface area contributed by atoms with Crippen LogP contribution in [0.1, 0.15) is 19.3 Å². The highest BCUT2D eigenvalue weighted by Crippen LogP contribution is 1.97. The summed E-state index contributed by atoms with van der Waals surface area (Å²) in [6, 6.07) is 0. The Bertz CT molecular complexity index is 256. The van der Waals surface area contributed by atoms with Crippen molar-refractivity contribution in [3.63, 3.8) is 0 Å². The van der Waals surface area contributed by atoms with Crippen molar-refractivity contribution in [3.05, 3.63) is 0 Å². The average molecular weight is 274 g/mol. The van der Waals surface area contributed by atoms with Crippen LogP contribution in [0.5, 0.6) is 0 Å². The van der Waals surface area contributed by atoms with Crippen LogP contribution < -0.4 is 10.6 Å². The summed E-state index contributed by atoms with van der Waals surface area (Å²) >= 11 is 1.87. The van der Waals surface area contributed by atoms with Crippen LogP contribution in [0.25, 0.3) is 0 Å². The lowest BCUT2D eigenvalue weighted by atomic mass is 10.3. The average Bonchev–Trinajstić information content (AvgIpc) is 2.36. The Kier molecular flexibility index (Phi) is 10.6. The highest BCUT2D eigenvalue weighted by Gasteiger charge is 2.03. The third kappa shape index (κ3) is 9.15. The molecule has 0 unspecified atom stereocenters. The molecule has 0 saturated heterocycles. The van der Waals surface area contributed by atoms with Crippen LogP contribution in [0.4, 0.5) is 0 Å². The number of carbonyl (C=O) groups is 1. The molecule has 0 aliphatic heterocycles. The molecule has 0 heterocycles. The molecule has 0 radical (unpaired) electrons. The second-order valence-electron chi connectivity index (χ2n) is 4.16. The molecule has 0 aromatic heterocycles. The van der Waals surface area contributed by atoms with Gasteiger partial charge in [-0.25, -0.2) is 0 Å². The molecule has 2 N–H and O–H groups in total. The predicted octanol–water partition coefficient (Wildman–Crippen LogP) is 0.773. The lowest BCUT2D eigenvalue weighted by Crippen LogP contribution is -2.39. The van der Waals surface area contributed by atoms with Crippen LogP contribution in [-0.4, -0.2) is 63.0 Å². The Balaban J connectivity index is 3.62. The minimum atomic E-state index is 0.123. The monoisotopic (exact) mass is 274 g/mol. The topological polar surface area (TPSA) is 56.7 Å². The number of thioether (sulfide) groups is 1. The van der Waals surface area contributed by atoms with Crippen molar-refractivity contribution in [3.8, 4) is 0 Å². The summed E-state index contributed by atoms with van der Waals surface area (Å²) in [5.74, 6) is 2.09. The fourth-order valence-corrected chi connectivity index (χ4v) is 1.80. The van der Waals surface area contributed by atoms with E-state index in [4.69, 9.17) is 0 Å². The smallest absolute Gasteiger partial charge is 0.223 e. The number of amides is 1. The van der Waals surface area contributed by atoms with Gasteiger partial charge in [0, 0.05) is 40.7 Å². The number of rotatable bonds is 8. The van der Waals surface area contributed by atoms with Crippen molar-refractivity contribution in [1.82, 2.24) is 15.5 Å². The number of hydrogen-bond acceptors (Lipinski definition) is 3. The lowest BCUT2D eigenvalue weighted by Gasteiger charge is -2.13.